The van der Waals surface area contributed by atoms with Crippen LogP contribution in [-0.2, 0) is 14.3 Å². The zero-order valence-electron chi connectivity index (χ0n) is 17.5. The Morgan fingerprint density at radius 2 is 1.63 bits per heavy atom. The van der Waals surface area contributed by atoms with Gasteiger partial charge in [0.2, 0.25) is 11.8 Å². The summed E-state index contributed by atoms with van der Waals surface area (Å²) in [6.45, 7) is 0.712. The number of aliphatic hydroxyl groups excluding tert-OH is 1. The van der Waals surface area contributed by atoms with Crippen molar-refractivity contribution in [1.29, 1.82) is 0 Å². The number of fused-ring (bicyclic) bond motifs is 3. The predicted octanol–water partition coefficient (Wildman–Crippen LogP) is 2.70. The molecule has 7 nitrogen and oxygen atoms in total. The molecular formula is C23H29N3O4. The molecule has 0 fully saturated rings. The Balaban J connectivity index is 1.67. The van der Waals surface area contributed by atoms with Gasteiger partial charge in [-0.3, -0.25) is 9.59 Å². The number of methoxy groups -OCH3 is 1. The summed E-state index contributed by atoms with van der Waals surface area (Å²) in [5.74, 6) is -0.169. The van der Waals surface area contributed by atoms with E-state index in [1.54, 1.807) is 7.11 Å². The van der Waals surface area contributed by atoms with Crippen molar-refractivity contribution in [3.8, 4) is 11.1 Å². The summed E-state index contributed by atoms with van der Waals surface area (Å²) in [6, 6.07) is 12.3. The number of benzene rings is 2. The molecule has 0 aromatic heterocycles. The third kappa shape index (κ3) is 4.98. The number of hydrogen-bond acceptors (Lipinski definition) is 5. The van der Waals surface area contributed by atoms with Gasteiger partial charge >= 0.3 is 0 Å². The summed E-state index contributed by atoms with van der Waals surface area (Å²) in [5.41, 5.74) is 6.51. The molecule has 0 radical (unpaired) electrons. The zero-order valence-corrected chi connectivity index (χ0v) is 17.5. The fourth-order valence-electron chi connectivity index (χ4n) is 3.86. The maximum Gasteiger partial charge on any atom is 0.224 e. The molecule has 0 saturated carbocycles. The molecule has 2 aromatic rings. The Bertz CT molecular complexity index is 913. The summed E-state index contributed by atoms with van der Waals surface area (Å²) < 4.78 is 5.48. The van der Waals surface area contributed by atoms with E-state index in [-0.39, 0.29) is 43.7 Å². The number of amides is 2. The fraction of sp³-hybridized carbons (Fsp3) is 0.391. The van der Waals surface area contributed by atoms with Crippen LogP contribution in [0.4, 0.5) is 11.4 Å². The lowest BCUT2D eigenvalue weighted by Crippen LogP contribution is -2.26. The third-order valence-corrected chi connectivity index (χ3v) is 5.29. The highest BCUT2D eigenvalue weighted by atomic mass is 16.5. The second-order valence-corrected chi connectivity index (χ2v) is 7.34. The molecule has 2 aromatic carbocycles. The number of nitrogens with one attached hydrogen (secondary N) is 3. The van der Waals surface area contributed by atoms with Gasteiger partial charge in [0.15, 0.2) is 0 Å². The van der Waals surface area contributed by atoms with Crippen LogP contribution in [0.5, 0.6) is 0 Å². The maximum absolute atomic E-state index is 12.3. The van der Waals surface area contributed by atoms with Crippen LogP contribution in [0.3, 0.4) is 0 Å². The fourth-order valence-corrected chi connectivity index (χ4v) is 3.86. The smallest absolute Gasteiger partial charge is 0.224 e. The molecule has 30 heavy (non-hydrogen) atoms. The summed E-state index contributed by atoms with van der Waals surface area (Å²) in [5, 5.41) is 17.4. The summed E-state index contributed by atoms with van der Waals surface area (Å²) in [4.78, 5) is 23.9. The molecule has 1 atom stereocenters. The third-order valence-electron chi connectivity index (χ3n) is 5.29. The highest BCUT2D eigenvalue weighted by Gasteiger charge is 2.29. The SMILES string of the molecule is CNc1ccc2c(c1)C(COC)c1cc(NC(=O)CCCC(=O)NCCO)ccc1-2. The maximum atomic E-state index is 12.3. The van der Waals surface area contributed by atoms with Crippen LogP contribution in [0.15, 0.2) is 36.4 Å². The van der Waals surface area contributed by atoms with Gasteiger partial charge in [-0.1, -0.05) is 12.1 Å². The van der Waals surface area contributed by atoms with Crippen molar-refractivity contribution in [2.24, 2.45) is 0 Å². The molecule has 2 amide bonds. The lowest BCUT2D eigenvalue weighted by atomic mass is 9.97. The first kappa shape index (κ1) is 21.8. The number of anilines is 2. The molecular weight excluding hydrogens is 382 g/mol. The van der Waals surface area contributed by atoms with Crippen molar-refractivity contribution >= 4 is 23.2 Å². The number of carbonyl (C=O) groups excluding carboxylic acids is 2. The lowest BCUT2D eigenvalue weighted by Gasteiger charge is -2.14. The molecule has 0 aliphatic heterocycles. The topological polar surface area (TPSA) is 99.7 Å². The zero-order chi connectivity index (χ0) is 21.5. The van der Waals surface area contributed by atoms with Crippen LogP contribution in [0.1, 0.15) is 36.3 Å². The van der Waals surface area contributed by atoms with E-state index in [0.717, 1.165) is 22.5 Å². The van der Waals surface area contributed by atoms with Crippen LogP contribution in [0, 0.1) is 0 Å². The number of rotatable bonds is 10. The van der Waals surface area contributed by atoms with Crippen molar-refractivity contribution in [1.82, 2.24) is 5.32 Å². The standard InChI is InChI=1S/C23H29N3O4/c1-24-15-6-8-17-18-9-7-16(13-20(18)21(14-30-2)19(17)12-15)26-23(29)5-3-4-22(28)25-10-11-27/h6-9,12-13,21,24,27H,3-5,10-11,14H2,1-2H3,(H,25,28)(H,26,29). The van der Waals surface area contributed by atoms with Crippen molar-refractivity contribution < 1.29 is 19.4 Å². The largest absolute Gasteiger partial charge is 0.395 e. The number of carbonyl (C=O) groups is 2. The molecule has 160 valence electrons. The van der Waals surface area contributed by atoms with Crippen LogP contribution in [0.2, 0.25) is 0 Å². The number of aliphatic hydroxyl groups is 1. The Morgan fingerprint density at radius 1 is 1.00 bits per heavy atom. The average molecular weight is 412 g/mol. The van der Waals surface area contributed by atoms with Gasteiger partial charge in [-0.05, 0) is 52.9 Å². The van der Waals surface area contributed by atoms with E-state index in [1.165, 1.54) is 11.1 Å². The van der Waals surface area contributed by atoms with Crippen molar-refractivity contribution in [3.05, 3.63) is 47.5 Å². The van der Waals surface area contributed by atoms with Gasteiger partial charge in [0.1, 0.15) is 0 Å². The average Bonchev–Trinajstić information content (AvgIpc) is 3.04. The molecule has 1 aliphatic carbocycles. The quantitative estimate of drug-likeness (QED) is 0.482. The molecule has 0 saturated heterocycles. The van der Waals surface area contributed by atoms with E-state index in [2.05, 4.69) is 34.1 Å². The molecule has 0 heterocycles. The second kappa shape index (κ2) is 10.2. The molecule has 3 rings (SSSR count). The lowest BCUT2D eigenvalue weighted by molar-refractivity contribution is -0.121. The van der Waals surface area contributed by atoms with E-state index in [1.807, 2.05) is 25.2 Å². The van der Waals surface area contributed by atoms with Crippen LogP contribution >= 0.6 is 0 Å². The Labute approximate surface area is 176 Å². The Morgan fingerprint density at radius 3 is 2.27 bits per heavy atom. The molecule has 7 heteroatoms. The minimum atomic E-state index is -0.157. The van der Waals surface area contributed by atoms with E-state index < -0.39 is 0 Å². The second-order valence-electron chi connectivity index (χ2n) is 7.34. The first-order valence-corrected chi connectivity index (χ1v) is 10.2. The first-order valence-electron chi connectivity index (χ1n) is 10.2. The summed E-state index contributed by atoms with van der Waals surface area (Å²) in [6.07, 6.45) is 0.978. The van der Waals surface area contributed by atoms with Gasteiger partial charge in [-0.25, -0.2) is 0 Å². The number of ether oxygens (including phenoxy) is 1. The van der Waals surface area contributed by atoms with E-state index in [9.17, 15) is 9.59 Å². The van der Waals surface area contributed by atoms with Gasteiger partial charge in [-0.2, -0.15) is 0 Å². The van der Waals surface area contributed by atoms with Crippen LogP contribution in [0.25, 0.3) is 11.1 Å². The van der Waals surface area contributed by atoms with Gasteiger partial charge in [0.25, 0.3) is 0 Å². The Hall–Kier alpha value is -2.90. The molecule has 1 aliphatic rings. The van der Waals surface area contributed by atoms with Crippen molar-refractivity contribution in [2.75, 3.05) is 44.5 Å². The van der Waals surface area contributed by atoms with Gasteiger partial charge in [0.05, 0.1) is 13.2 Å². The molecule has 4 N–H and O–H groups in total. The van der Waals surface area contributed by atoms with Gasteiger partial charge < -0.3 is 25.8 Å². The van der Waals surface area contributed by atoms with Crippen LogP contribution < -0.4 is 16.0 Å². The minimum absolute atomic E-state index is 0.0885. The minimum Gasteiger partial charge on any atom is -0.395 e. The first-order chi connectivity index (χ1) is 14.6. The number of hydrogen-bond donors (Lipinski definition) is 4. The van der Waals surface area contributed by atoms with Gasteiger partial charge in [0, 0.05) is 50.8 Å². The highest BCUT2D eigenvalue weighted by Crippen LogP contribution is 2.46. The monoisotopic (exact) mass is 411 g/mol. The molecule has 0 spiro atoms. The molecule has 0 bridgehead atoms. The van der Waals surface area contributed by atoms with E-state index in [0.29, 0.717) is 13.0 Å². The van der Waals surface area contributed by atoms with E-state index in [4.69, 9.17) is 9.84 Å². The predicted molar refractivity (Wildman–Crippen MR) is 118 cm³/mol. The van der Waals surface area contributed by atoms with Crippen LogP contribution in [-0.4, -0.2) is 50.8 Å². The van der Waals surface area contributed by atoms with E-state index >= 15 is 0 Å². The summed E-state index contributed by atoms with van der Waals surface area (Å²) >= 11 is 0. The summed E-state index contributed by atoms with van der Waals surface area (Å²) in [7, 11) is 3.60. The normalized spacial score (nSPS) is 14.0. The van der Waals surface area contributed by atoms with Gasteiger partial charge in [-0.15, -0.1) is 0 Å². The Kier molecular flexibility index (Phi) is 7.43. The van der Waals surface area contributed by atoms with Crippen molar-refractivity contribution in [2.45, 2.75) is 25.2 Å². The van der Waals surface area contributed by atoms with Crippen molar-refractivity contribution in [3.63, 3.8) is 0 Å². The highest BCUT2D eigenvalue weighted by molar-refractivity contribution is 5.92. The molecule has 1 unspecified atom stereocenters.